The zero-order valence-corrected chi connectivity index (χ0v) is 12.0. The van der Waals surface area contributed by atoms with Gasteiger partial charge in [0.15, 0.2) is 0 Å². The van der Waals surface area contributed by atoms with Gasteiger partial charge in [-0.25, -0.2) is 4.68 Å². The summed E-state index contributed by atoms with van der Waals surface area (Å²) in [4.78, 5) is 0. The fourth-order valence-electron chi connectivity index (χ4n) is 2.36. The fourth-order valence-corrected chi connectivity index (χ4v) is 2.36. The van der Waals surface area contributed by atoms with Crippen LogP contribution in [-0.2, 0) is 18.4 Å². The van der Waals surface area contributed by atoms with Gasteiger partial charge in [-0.15, -0.1) is 5.10 Å². The first-order valence-electron chi connectivity index (χ1n) is 6.63. The lowest BCUT2D eigenvalue weighted by Gasteiger charge is -2.21. The third-order valence-corrected chi connectivity index (χ3v) is 3.20. The van der Waals surface area contributed by atoms with Crippen molar-refractivity contribution in [2.45, 2.75) is 46.1 Å². The summed E-state index contributed by atoms with van der Waals surface area (Å²) in [6, 6.07) is 8.18. The Morgan fingerprint density at radius 2 is 1.89 bits per heavy atom. The van der Waals surface area contributed by atoms with Crippen LogP contribution < -0.4 is 0 Å². The monoisotopic (exact) mass is 259 g/mol. The summed E-state index contributed by atoms with van der Waals surface area (Å²) in [5.41, 5.74) is 3.77. The molecule has 2 rings (SSSR count). The highest BCUT2D eigenvalue weighted by Gasteiger charge is 2.26. The minimum atomic E-state index is -0.123. The Labute approximate surface area is 114 Å². The molecule has 0 unspecified atom stereocenters. The Hall–Kier alpha value is -1.68. The van der Waals surface area contributed by atoms with E-state index in [0.717, 1.165) is 17.8 Å². The lowest BCUT2D eigenvalue weighted by molar-refractivity contribution is 0.273. The van der Waals surface area contributed by atoms with Crippen LogP contribution >= 0.6 is 0 Å². The second-order valence-electron chi connectivity index (χ2n) is 5.69. The number of aliphatic hydroxyl groups is 1. The summed E-state index contributed by atoms with van der Waals surface area (Å²) in [5.74, 6) is 0. The molecule has 0 aliphatic rings. The van der Waals surface area contributed by atoms with Gasteiger partial charge in [-0.1, -0.05) is 51.1 Å². The molecule has 1 aromatic carbocycles. The minimum Gasteiger partial charge on any atom is -0.390 e. The van der Waals surface area contributed by atoms with E-state index in [1.807, 2.05) is 22.9 Å². The normalized spacial score (nSPS) is 11.8. The molecule has 0 saturated carbocycles. The molecule has 0 radical (unpaired) electrons. The molecule has 19 heavy (non-hydrogen) atoms. The molecule has 0 spiro atoms. The van der Waals surface area contributed by atoms with Crippen molar-refractivity contribution in [1.82, 2.24) is 15.0 Å². The van der Waals surface area contributed by atoms with Gasteiger partial charge >= 0.3 is 0 Å². The van der Waals surface area contributed by atoms with Gasteiger partial charge in [0, 0.05) is 5.41 Å². The number of para-hydroxylation sites is 1. The van der Waals surface area contributed by atoms with Gasteiger partial charge in [0.1, 0.15) is 5.69 Å². The first-order chi connectivity index (χ1) is 8.99. The van der Waals surface area contributed by atoms with Crippen LogP contribution in [0.1, 0.15) is 44.6 Å². The molecular formula is C15H21N3O. The summed E-state index contributed by atoms with van der Waals surface area (Å²) in [6.45, 7) is 8.36. The third kappa shape index (κ3) is 2.54. The van der Waals surface area contributed by atoms with Crippen LogP contribution in [0.15, 0.2) is 24.3 Å². The molecule has 4 heteroatoms. The van der Waals surface area contributed by atoms with Gasteiger partial charge < -0.3 is 5.11 Å². The lowest BCUT2D eigenvalue weighted by atomic mass is 9.90. The number of benzene rings is 1. The average Bonchev–Trinajstić information content (AvgIpc) is 2.82. The fraction of sp³-hybridized carbons (Fsp3) is 0.467. The Morgan fingerprint density at radius 3 is 2.47 bits per heavy atom. The second kappa shape index (κ2) is 5.13. The van der Waals surface area contributed by atoms with Gasteiger partial charge in [0.25, 0.3) is 0 Å². The van der Waals surface area contributed by atoms with Gasteiger partial charge in [0.05, 0.1) is 18.0 Å². The number of aliphatic hydroxyl groups excluding tert-OH is 1. The molecule has 0 amide bonds. The van der Waals surface area contributed by atoms with Crippen molar-refractivity contribution in [3.05, 3.63) is 41.2 Å². The number of rotatable bonds is 3. The van der Waals surface area contributed by atoms with Crippen LogP contribution in [0, 0.1) is 0 Å². The van der Waals surface area contributed by atoms with Crippen LogP contribution in [0.4, 0.5) is 0 Å². The van der Waals surface area contributed by atoms with E-state index in [0.29, 0.717) is 5.69 Å². The van der Waals surface area contributed by atoms with Crippen LogP contribution in [-0.4, -0.2) is 20.1 Å². The molecular weight excluding hydrogens is 238 g/mol. The molecule has 1 aromatic heterocycles. The highest BCUT2D eigenvalue weighted by Crippen LogP contribution is 2.28. The van der Waals surface area contributed by atoms with E-state index in [-0.39, 0.29) is 12.0 Å². The Kier molecular flexibility index (Phi) is 3.71. The van der Waals surface area contributed by atoms with Crippen molar-refractivity contribution in [2.24, 2.45) is 0 Å². The molecule has 4 nitrogen and oxygen atoms in total. The average molecular weight is 259 g/mol. The molecule has 1 heterocycles. The maximum Gasteiger partial charge on any atom is 0.112 e. The van der Waals surface area contributed by atoms with Crippen LogP contribution in [0.3, 0.4) is 0 Å². The van der Waals surface area contributed by atoms with Gasteiger partial charge in [-0.3, -0.25) is 0 Å². The van der Waals surface area contributed by atoms with Gasteiger partial charge in [-0.05, 0) is 18.1 Å². The van der Waals surface area contributed by atoms with E-state index >= 15 is 0 Å². The molecule has 0 fully saturated rings. The summed E-state index contributed by atoms with van der Waals surface area (Å²) in [5, 5.41) is 17.8. The SMILES string of the molecule is CCc1ccccc1-n1nnc(CO)c1C(C)(C)C. The van der Waals surface area contributed by atoms with Crippen LogP contribution in [0.25, 0.3) is 5.69 Å². The predicted molar refractivity (Wildman–Crippen MR) is 75.4 cm³/mol. The highest BCUT2D eigenvalue weighted by molar-refractivity contribution is 5.43. The predicted octanol–water partition coefficient (Wildman–Crippen LogP) is 2.62. The van der Waals surface area contributed by atoms with E-state index in [1.54, 1.807) is 0 Å². The number of aromatic nitrogens is 3. The maximum atomic E-state index is 9.45. The quantitative estimate of drug-likeness (QED) is 0.921. The van der Waals surface area contributed by atoms with E-state index in [9.17, 15) is 5.11 Å². The molecule has 0 saturated heterocycles. The Morgan fingerprint density at radius 1 is 1.21 bits per heavy atom. The van der Waals surface area contributed by atoms with E-state index in [2.05, 4.69) is 44.1 Å². The highest BCUT2D eigenvalue weighted by atomic mass is 16.3. The first-order valence-corrected chi connectivity index (χ1v) is 6.63. The van der Waals surface area contributed by atoms with Crippen LogP contribution in [0.5, 0.6) is 0 Å². The van der Waals surface area contributed by atoms with Crippen molar-refractivity contribution in [2.75, 3.05) is 0 Å². The van der Waals surface area contributed by atoms with E-state index in [4.69, 9.17) is 0 Å². The first kappa shape index (κ1) is 13.7. The zero-order valence-electron chi connectivity index (χ0n) is 12.0. The Bertz CT molecular complexity index is 567. The third-order valence-electron chi connectivity index (χ3n) is 3.20. The summed E-state index contributed by atoms with van der Waals surface area (Å²) in [7, 11) is 0. The number of hydrogen-bond acceptors (Lipinski definition) is 3. The summed E-state index contributed by atoms with van der Waals surface area (Å²) < 4.78 is 1.87. The second-order valence-corrected chi connectivity index (χ2v) is 5.69. The van der Waals surface area contributed by atoms with Crippen molar-refractivity contribution in [3.63, 3.8) is 0 Å². The number of nitrogens with zero attached hydrogens (tertiary/aromatic N) is 3. The molecule has 1 N–H and O–H groups in total. The Balaban J connectivity index is 2.66. The molecule has 0 atom stereocenters. The van der Waals surface area contributed by atoms with Crippen molar-refractivity contribution in [1.29, 1.82) is 0 Å². The largest absolute Gasteiger partial charge is 0.390 e. The molecule has 102 valence electrons. The summed E-state index contributed by atoms with van der Waals surface area (Å²) >= 11 is 0. The van der Waals surface area contributed by atoms with Gasteiger partial charge in [0.2, 0.25) is 0 Å². The molecule has 0 bridgehead atoms. The number of hydrogen-bond donors (Lipinski definition) is 1. The number of aryl methyl sites for hydroxylation is 1. The summed E-state index contributed by atoms with van der Waals surface area (Å²) in [6.07, 6.45) is 0.939. The lowest BCUT2D eigenvalue weighted by Crippen LogP contribution is -2.20. The maximum absolute atomic E-state index is 9.45. The smallest absolute Gasteiger partial charge is 0.112 e. The standard InChI is InChI=1S/C15H21N3O/c1-5-11-8-6-7-9-13(11)18-14(15(2,3)4)12(10-19)16-17-18/h6-9,19H,5,10H2,1-4H3. The molecule has 0 aliphatic heterocycles. The molecule has 0 aliphatic carbocycles. The van der Waals surface area contributed by atoms with Crippen LogP contribution in [0.2, 0.25) is 0 Å². The molecule has 2 aromatic rings. The topological polar surface area (TPSA) is 50.9 Å². The minimum absolute atomic E-state index is 0.0824. The van der Waals surface area contributed by atoms with Crippen molar-refractivity contribution >= 4 is 0 Å². The van der Waals surface area contributed by atoms with E-state index < -0.39 is 0 Å². The van der Waals surface area contributed by atoms with Crippen molar-refractivity contribution in [3.8, 4) is 5.69 Å². The zero-order chi connectivity index (χ0) is 14.0. The van der Waals surface area contributed by atoms with E-state index in [1.165, 1.54) is 5.56 Å². The van der Waals surface area contributed by atoms with Gasteiger partial charge in [-0.2, -0.15) is 0 Å². The van der Waals surface area contributed by atoms with Crippen molar-refractivity contribution < 1.29 is 5.11 Å².